The third kappa shape index (κ3) is 3.40. The van der Waals surface area contributed by atoms with Crippen LogP contribution >= 0.6 is 27.3 Å². The molecule has 0 N–H and O–H groups in total. The van der Waals surface area contributed by atoms with E-state index in [9.17, 15) is 13.2 Å². The molecule has 0 unspecified atom stereocenters. The van der Waals surface area contributed by atoms with Crippen molar-refractivity contribution in [3.63, 3.8) is 0 Å². The van der Waals surface area contributed by atoms with Gasteiger partial charge in [0.05, 0.1) is 7.11 Å². The van der Waals surface area contributed by atoms with Crippen LogP contribution in [0.3, 0.4) is 0 Å². The Balaban J connectivity index is 2.33. The van der Waals surface area contributed by atoms with Crippen molar-refractivity contribution in [2.24, 2.45) is 0 Å². The van der Waals surface area contributed by atoms with Crippen LogP contribution in [0.5, 0.6) is 0 Å². The molecule has 0 saturated heterocycles. The van der Waals surface area contributed by atoms with Crippen LogP contribution in [0.4, 0.5) is 0 Å². The number of carbonyl (C=O) groups is 1. The zero-order valence-corrected chi connectivity index (χ0v) is 15.2. The van der Waals surface area contributed by atoms with Crippen LogP contribution in [0.15, 0.2) is 45.1 Å². The molecule has 8 heteroatoms. The molecule has 5 nitrogen and oxygen atoms in total. The molecule has 2 rings (SSSR count). The molecule has 0 amide bonds. The Hall–Kier alpha value is -1.22. The molecule has 0 atom stereocenters. The summed E-state index contributed by atoms with van der Waals surface area (Å²) in [7, 11) is -1.07. The highest BCUT2D eigenvalue weighted by Gasteiger charge is 2.28. The summed E-state index contributed by atoms with van der Waals surface area (Å²) in [6, 6.07) is 8.80. The van der Waals surface area contributed by atoms with E-state index in [1.807, 2.05) is 24.3 Å². The number of methoxy groups -OCH3 is 1. The molecule has 0 fully saturated rings. The average Bonchev–Trinajstić information content (AvgIpc) is 2.99. The van der Waals surface area contributed by atoms with E-state index >= 15 is 0 Å². The van der Waals surface area contributed by atoms with Gasteiger partial charge in [-0.25, -0.2) is 13.2 Å². The smallest absolute Gasteiger partial charge is 0.349 e. The average molecular weight is 404 g/mol. The van der Waals surface area contributed by atoms with Crippen molar-refractivity contribution in [1.82, 2.24) is 4.31 Å². The zero-order chi connectivity index (χ0) is 16.3. The highest BCUT2D eigenvalue weighted by Crippen LogP contribution is 2.27. The lowest BCUT2D eigenvalue weighted by Gasteiger charge is -2.18. The van der Waals surface area contributed by atoms with Gasteiger partial charge in [0.25, 0.3) is 0 Å². The molecule has 0 aliphatic carbocycles. The fraction of sp³-hybridized carbons (Fsp3) is 0.214. The minimum Gasteiger partial charge on any atom is -0.465 e. The summed E-state index contributed by atoms with van der Waals surface area (Å²) >= 11 is 4.44. The Kier molecular flexibility index (Phi) is 5.38. The second-order valence-corrected chi connectivity index (χ2v) is 8.24. The Morgan fingerprint density at radius 2 is 2.00 bits per heavy atom. The molecule has 0 radical (unpaired) electrons. The van der Waals surface area contributed by atoms with E-state index in [1.165, 1.54) is 24.5 Å². The molecule has 22 heavy (non-hydrogen) atoms. The number of sulfonamides is 1. The maximum absolute atomic E-state index is 12.7. The predicted molar refractivity (Wildman–Crippen MR) is 88.5 cm³/mol. The van der Waals surface area contributed by atoms with Gasteiger partial charge in [-0.15, -0.1) is 11.3 Å². The first kappa shape index (κ1) is 17.1. The van der Waals surface area contributed by atoms with E-state index < -0.39 is 16.0 Å². The van der Waals surface area contributed by atoms with E-state index in [0.717, 1.165) is 21.4 Å². The summed E-state index contributed by atoms with van der Waals surface area (Å²) in [4.78, 5) is 11.7. The molecule has 1 aromatic carbocycles. The van der Waals surface area contributed by atoms with Crippen molar-refractivity contribution in [1.29, 1.82) is 0 Å². The van der Waals surface area contributed by atoms with Crippen LogP contribution in [0.1, 0.15) is 15.2 Å². The molecule has 118 valence electrons. The first-order chi connectivity index (χ1) is 10.4. The van der Waals surface area contributed by atoms with E-state index in [1.54, 1.807) is 5.38 Å². The fourth-order valence-corrected chi connectivity index (χ4v) is 4.72. The molecule has 1 heterocycles. The van der Waals surface area contributed by atoms with Crippen LogP contribution in [0.25, 0.3) is 0 Å². The third-order valence-corrected chi connectivity index (χ3v) is 6.68. The van der Waals surface area contributed by atoms with E-state index in [2.05, 4.69) is 20.7 Å². The summed E-state index contributed by atoms with van der Waals surface area (Å²) in [5, 5.41) is 1.56. The second-order valence-electron chi connectivity index (χ2n) is 4.46. The number of rotatable bonds is 5. The van der Waals surface area contributed by atoms with E-state index in [4.69, 9.17) is 0 Å². The van der Waals surface area contributed by atoms with Crippen molar-refractivity contribution in [3.05, 3.63) is 50.6 Å². The first-order valence-corrected chi connectivity index (χ1v) is 9.34. The number of hydrogen-bond acceptors (Lipinski definition) is 5. The van der Waals surface area contributed by atoms with E-state index in [0.29, 0.717) is 0 Å². The Morgan fingerprint density at radius 3 is 2.64 bits per heavy atom. The van der Waals surface area contributed by atoms with E-state index in [-0.39, 0.29) is 16.3 Å². The number of benzene rings is 1. The van der Waals surface area contributed by atoms with Gasteiger partial charge in [-0.3, -0.25) is 0 Å². The standard InChI is InChI=1S/C14H14BrNO4S2/c1-16(9-10-5-3-4-6-11(10)15)22(18,19)12-7-8-21-13(12)14(17)20-2/h3-8H,9H2,1-2H3. The van der Waals surface area contributed by atoms with Crippen molar-refractivity contribution in [2.45, 2.75) is 11.4 Å². The highest BCUT2D eigenvalue weighted by molar-refractivity contribution is 9.10. The van der Waals surface area contributed by atoms with Crippen molar-refractivity contribution < 1.29 is 17.9 Å². The maximum atomic E-state index is 12.7. The number of carbonyl (C=O) groups excluding carboxylic acids is 1. The summed E-state index contributed by atoms with van der Waals surface area (Å²) < 4.78 is 32.0. The molecule has 0 spiro atoms. The second kappa shape index (κ2) is 6.91. The van der Waals surface area contributed by atoms with Gasteiger partial charge in [0, 0.05) is 18.1 Å². The molecule has 1 aromatic heterocycles. The topological polar surface area (TPSA) is 63.7 Å². The minimum atomic E-state index is -3.77. The molecular weight excluding hydrogens is 390 g/mol. The lowest BCUT2D eigenvalue weighted by Crippen LogP contribution is -2.27. The summed E-state index contributed by atoms with van der Waals surface area (Å²) in [5.41, 5.74) is 0.837. The van der Waals surface area contributed by atoms with Crippen molar-refractivity contribution in [3.8, 4) is 0 Å². The number of esters is 1. The lowest BCUT2D eigenvalue weighted by molar-refractivity contribution is 0.0602. The maximum Gasteiger partial charge on any atom is 0.349 e. The Morgan fingerprint density at radius 1 is 1.32 bits per heavy atom. The van der Waals surface area contributed by atoms with Crippen LogP contribution in [0, 0.1) is 0 Å². The quantitative estimate of drug-likeness (QED) is 0.719. The monoisotopic (exact) mass is 403 g/mol. The summed E-state index contributed by atoms with van der Waals surface area (Å²) in [6.07, 6.45) is 0. The number of hydrogen-bond donors (Lipinski definition) is 0. The van der Waals surface area contributed by atoms with Crippen LogP contribution in [-0.2, 0) is 21.3 Å². The number of halogens is 1. The van der Waals surface area contributed by atoms with Gasteiger partial charge in [-0.1, -0.05) is 34.1 Å². The van der Waals surface area contributed by atoms with Gasteiger partial charge in [-0.2, -0.15) is 4.31 Å². The molecule has 0 aliphatic heterocycles. The van der Waals surface area contributed by atoms with Crippen LogP contribution in [0.2, 0.25) is 0 Å². The van der Waals surface area contributed by atoms with Gasteiger partial charge in [-0.05, 0) is 23.1 Å². The summed E-state index contributed by atoms with van der Waals surface area (Å²) in [5.74, 6) is -0.650. The predicted octanol–water partition coefficient (Wildman–Crippen LogP) is 3.12. The fourth-order valence-electron chi connectivity index (χ4n) is 1.86. The minimum absolute atomic E-state index is 0.0288. The summed E-state index contributed by atoms with van der Waals surface area (Å²) in [6.45, 7) is 0.195. The molecule has 0 bridgehead atoms. The molecule has 0 aliphatic rings. The third-order valence-electron chi connectivity index (χ3n) is 3.04. The lowest BCUT2D eigenvalue weighted by atomic mass is 10.2. The van der Waals surface area contributed by atoms with Gasteiger partial charge in [0.2, 0.25) is 10.0 Å². The zero-order valence-electron chi connectivity index (χ0n) is 11.9. The van der Waals surface area contributed by atoms with Crippen molar-refractivity contribution in [2.75, 3.05) is 14.2 Å². The van der Waals surface area contributed by atoms with Crippen LogP contribution in [-0.4, -0.2) is 32.8 Å². The van der Waals surface area contributed by atoms with Gasteiger partial charge >= 0.3 is 5.97 Å². The molecular formula is C14H14BrNO4S2. The van der Waals surface area contributed by atoms with Gasteiger partial charge in [0.15, 0.2) is 0 Å². The molecule has 2 aromatic rings. The Bertz CT molecular complexity index is 786. The van der Waals surface area contributed by atoms with Crippen molar-refractivity contribution >= 4 is 43.3 Å². The first-order valence-electron chi connectivity index (χ1n) is 6.23. The van der Waals surface area contributed by atoms with Crippen LogP contribution < -0.4 is 0 Å². The van der Waals surface area contributed by atoms with Gasteiger partial charge < -0.3 is 4.74 Å². The highest BCUT2D eigenvalue weighted by atomic mass is 79.9. The van der Waals surface area contributed by atoms with Gasteiger partial charge in [0.1, 0.15) is 9.77 Å². The number of nitrogens with zero attached hydrogens (tertiary/aromatic N) is 1. The number of thiophene rings is 1. The molecule has 0 saturated carbocycles. The Labute approximate surface area is 141 Å². The SMILES string of the molecule is COC(=O)c1sccc1S(=O)(=O)N(C)Cc1ccccc1Br. The largest absolute Gasteiger partial charge is 0.465 e. The normalized spacial score (nSPS) is 11.6. The number of ether oxygens (including phenoxy) is 1.